The largest absolute Gasteiger partial charge is 0.508 e. The predicted molar refractivity (Wildman–Crippen MR) is 160 cm³/mol. The maximum Gasteiger partial charge on any atom is 0.226 e. The molecular formula is C26H28IN7O2S. The van der Waals surface area contributed by atoms with Crippen molar-refractivity contribution >= 4 is 59.2 Å². The molecule has 9 nitrogen and oxygen atoms in total. The first-order valence-corrected chi connectivity index (χ1v) is 14.9. The third kappa shape index (κ3) is 5.89. The monoisotopic (exact) mass is 629 g/mol. The van der Waals surface area contributed by atoms with E-state index in [4.69, 9.17) is 9.97 Å². The van der Waals surface area contributed by atoms with Crippen molar-refractivity contribution in [3.8, 4) is 11.1 Å². The van der Waals surface area contributed by atoms with Crippen LogP contribution in [-0.4, -0.2) is 41.2 Å². The molecule has 4 aromatic rings. The van der Waals surface area contributed by atoms with Gasteiger partial charge in [0, 0.05) is 55.3 Å². The van der Waals surface area contributed by atoms with Crippen LogP contribution >= 0.6 is 30.3 Å². The van der Waals surface area contributed by atoms with Crippen LogP contribution in [0, 0.1) is 0 Å². The standard InChI is InChI=1S/C26H28IN7O2S/c1-5-19(36)11-17-10-16(6-7-20(17)15(2)3)21-13-34(37-27)25-23(21)24(32-26(28-4)33-25)30-12-22-29-9-8-18(14-35)31-22/h5-11,13,15,35-36H,1,12,14H2,2-4H3,(H2,28,30,32,33)/b19-11+. The molecule has 11 heteroatoms. The minimum absolute atomic E-state index is 0.110. The van der Waals surface area contributed by atoms with Gasteiger partial charge in [0.25, 0.3) is 0 Å². The highest BCUT2D eigenvalue weighted by Gasteiger charge is 2.20. The molecule has 0 spiro atoms. The third-order valence-electron chi connectivity index (χ3n) is 5.78. The van der Waals surface area contributed by atoms with Gasteiger partial charge in [-0.1, -0.05) is 32.6 Å². The van der Waals surface area contributed by atoms with Crippen LogP contribution in [0.2, 0.25) is 0 Å². The van der Waals surface area contributed by atoms with Gasteiger partial charge in [-0.05, 0) is 46.9 Å². The van der Waals surface area contributed by atoms with Gasteiger partial charge < -0.3 is 20.8 Å². The molecule has 0 atom stereocenters. The van der Waals surface area contributed by atoms with Crippen molar-refractivity contribution in [1.82, 2.24) is 23.9 Å². The van der Waals surface area contributed by atoms with Gasteiger partial charge in [-0.25, -0.2) is 9.97 Å². The molecule has 0 aliphatic carbocycles. The molecule has 0 bridgehead atoms. The Morgan fingerprint density at radius 3 is 2.73 bits per heavy atom. The van der Waals surface area contributed by atoms with E-state index in [1.165, 1.54) is 15.2 Å². The van der Waals surface area contributed by atoms with E-state index in [1.54, 1.807) is 25.4 Å². The van der Waals surface area contributed by atoms with Crippen LogP contribution in [0.3, 0.4) is 0 Å². The number of hydrogen-bond acceptors (Lipinski definition) is 9. The van der Waals surface area contributed by atoms with Crippen molar-refractivity contribution in [3.63, 3.8) is 0 Å². The number of anilines is 2. The Morgan fingerprint density at radius 2 is 2.05 bits per heavy atom. The predicted octanol–water partition coefficient (Wildman–Crippen LogP) is 6.09. The van der Waals surface area contributed by atoms with Crippen molar-refractivity contribution in [2.24, 2.45) is 0 Å². The number of aromatic nitrogens is 5. The number of aliphatic hydroxyl groups is 2. The fraction of sp³-hybridized carbons (Fsp3) is 0.231. The number of fused-ring (bicyclic) bond motifs is 1. The highest BCUT2D eigenvalue weighted by atomic mass is 127. The molecule has 0 amide bonds. The van der Waals surface area contributed by atoms with Crippen molar-refractivity contribution in [3.05, 3.63) is 77.7 Å². The Morgan fingerprint density at radius 1 is 1.24 bits per heavy atom. The minimum atomic E-state index is -0.151. The second-order valence-electron chi connectivity index (χ2n) is 8.53. The van der Waals surface area contributed by atoms with Gasteiger partial charge in [0.2, 0.25) is 5.95 Å². The van der Waals surface area contributed by atoms with E-state index in [-0.39, 0.29) is 18.3 Å². The van der Waals surface area contributed by atoms with Crippen LogP contribution < -0.4 is 10.6 Å². The van der Waals surface area contributed by atoms with Crippen LogP contribution in [0.15, 0.2) is 55.1 Å². The lowest BCUT2D eigenvalue weighted by molar-refractivity contribution is 0.276. The number of aliphatic hydroxyl groups excluding tert-OH is 2. The molecule has 3 heterocycles. The molecule has 0 unspecified atom stereocenters. The summed E-state index contributed by atoms with van der Waals surface area (Å²) in [6, 6.07) is 7.92. The molecule has 1 aromatic carbocycles. The van der Waals surface area contributed by atoms with Crippen molar-refractivity contribution in [2.75, 3.05) is 17.7 Å². The van der Waals surface area contributed by atoms with E-state index in [0.29, 0.717) is 29.8 Å². The molecule has 3 aromatic heterocycles. The molecule has 0 saturated carbocycles. The van der Waals surface area contributed by atoms with E-state index in [1.807, 2.05) is 10.2 Å². The molecule has 192 valence electrons. The SMILES string of the molecule is C=C/C(O)=C\c1cc(-c2cn(SI)c3nc(NC)nc(NCc4nccc(CO)n4)c23)ccc1C(C)C. The highest BCUT2D eigenvalue weighted by Crippen LogP contribution is 2.39. The number of nitrogens with one attached hydrogen (secondary N) is 2. The van der Waals surface area contributed by atoms with Crippen LogP contribution in [0.4, 0.5) is 11.8 Å². The second kappa shape index (κ2) is 11.9. The van der Waals surface area contributed by atoms with Gasteiger partial charge in [-0.2, -0.15) is 9.97 Å². The summed E-state index contributed by atoms with van der Waals surface area (Å²) >= 11 is 2.23. The molecule has 0 aliphatic rings. The van der Waals surface area contributed by atoms with Gasteiger partial charge in [-0.3, -0.25) is 3.97 Å². The average Bonchev–Trinajstić information content (AvgIpc) is 3.30. The van der Waals surface area contributed by atoms with E-state index in [2.05, 4.69) is 80.4 Å². The number of benzene rings is 1. The number of nitrogens with zero attached hydrogens (tertiary/aromatic N) is 5. The third-order valence-corrected chi connectivity index (χ3v) is 7.48. The summed E-state index contributed by atoms with van der Waals surface area (Å²) in [4.78, 5) is 18.1. The van der Waals surface area contributed by atoms with Crippen molar-refractivity contribution < 1.29 is 10.2 Å². The fourth-order valence-corrected chi connectivity index (χ4v) is 5.24. The topological polar surface area (TPSA) is 121 Å². The normalized spacial score (nSPS) is 11.8. The van der Waals surface area contributed by atoms with Gasteiger partial charge in [0.1, 0.15) is 17.4 Å². The summed E-state index contributed by atoms with van der Waals surface area (Å²) < 4.78 is 1.99. The summed E-state index contributed by atoms with van der Waals surface area (Å²) in [6.07, 6.45) is 6.83. The zero-order valence-corrected chi connectivity index (χ0v) is 23.7. The first-order valence-electron chi connectivity index (χ1n) is 11.6. The van der Waals surface area contributed by atoms with E-state index in [9.17, 15) is 10.2 Å². The zero-order valence-electron chi connectivity index (χ0n) is 20.7. The Hall–Kier alpha value is -3.16. The Kier molecular flexibility index (Phi) is 8.67. The van der Waals surface area contributed by atoms with E-state index < -0.39 is 0 Å². The van der Waals surface area contributed by atoms with Gasteiger partial charge in [-0.15, -0.1) is 0 Å². The minimum Gasteiger partial charge on any atom is -0.508 e. The first-order chi connectivity index (χ1) is 17.9. The van der Waals surface area contributed by atoms with E-state index in [0.717, 1.165) is 33.3 Å². The lowest BCUT2D eigenvalue weighted by Gasteiger charge is -2.13. The van der Waals surface area contributed by atoms with Crippen LogP contribution in [0.1, 0.15) is 42.4 Å². The van der Waals surface area contributed by atoms with Gasteiger partial charge in [0.05, 0.1) is 24.2 Å². The fourth-order valence-electron chi connectivity index (χ4n) is 4.00. The maximum atomic E-state index is 10.2. The summed E-state index contributed by atoms with van der Waals surface area (Å²) in [5, 5.41) is 26.9. The van der Waals surface area contributed by atoms with Crippen LogP contribution in [0.25, 0.3) is 28.2 Å². The summed E-state index contributed by atoms with van der Waals surface area (Å²) in [7, 11) is 3.29. The van der Waals surface area contributed by atoms with Gasteiger partial charge in [0.15, 0.2) is 5.65 Å². The highest BCUT2D eigenvalue weighted by molar-refractivity contribution is 14.2. The molecule has 0 saturated heterocycles. The molecule has 4 rings (SSSR count). The van der Waals surface area contributed by atoms with Gasteiger partial charge >= 0.3 is 0 Å². The first kappa shape index (κ1) is 26.9. The number of allylic oxidation sites excluding steroid dienone is 1. The molecule has 0 aliphatic heterocycles. The molecule has 0 fully saturated rings. The van der Waals surface area contributed by atoms with Crippen LogP contribution in [0.5, 0.6) is 0 Å². The number of hydrogen-bond donors (Lipinski definition) is 4. The van der Waals surface area contributed by atoms with Crippen molar-refractivity contribution in [1.29, 1.82) is 0 Å². The van der Waals surface area contributed by atoms with Crippen molar-refractivity contribution in [2.45, 2.75) is 32.9 Å². The summed E-state index contributed by atoms with van der Waals surface area (Å²) in [5.41, 5.74) is 5.25. The lowest BCUT2D eigenvalue weighted by atomic mass is 9.93. The second-order valence-corrected chi connectivity index (χ2v) is 10.2. The number of halogens is 1. The maximum absolute atomic E-state index is 10.2. The Bertz CT molecular complexity index is 1470. The van der Waals surface area contributed by atoms with Crippen LogP contribution in [-0.2, 0) is 13.2 Å². The summed E-state index contributed by atoms with van der Waals surface area (Å²) in [6.45, 7) is 8.09. The Labute approximate surface area is 231 Å². The molecule has 37 heavy (non-hydrogen) atoms. The number of rotatable bonds is 10. The smallest absolute Gasteiger partial charge is 0.226 e. The Balaban J connectivity index is 1.88. The quantitative estimate of drug-likeness (QED) is 0.0939. The zero-order chi connectivity index (χ0) is 26.5. The summed E-state index contributed by atoms with van der Waals surface area (Å²) in [5.74, 6) is 2.04. The lowest BCUT2D eigenvalue weighted by Crippen LogP contribution is -2.09. The van der Waals surface area contributed by atoms with E-state index >= 15 is 0 Å². The average molecular weight is 630 g/mol. The molecule has 4 N–H and O–H groups in total. The molecular weight excluding hydrogens is 601 g/mol. The molecule has 0 radical (unpaired) electrons.